The smallest absolute Gasteiger partial charge is 0.245 e. The first-order valence-electron chi connectivity index (χ1n) is 13.6. The zero-order valence-corrected chi connectivity index (χ0v) is 22.3. The minimum atomic E-state index is -0.730. The van der Waals surface area contributed by atoms with Crippen molar-refractivity contribution in [3.63, 3.8) is 0 Å². The highest BCUT2D eigenvalue weighted by atomic mass is 19.1. The van der Waals surface area contributed by atoms with Crippen LogP contribution in [0.15, 0.2) is 18.2 Å². The molecule has 3 aliphatic rings. The lowest BCUT2D eigenvalue weighted by Crippen LogP contribution is -2.58. The summed E-state index contributed by atoms with van der Waals surface area (Å²) >= 11 is 0. The average Bonchev–Trinajstić information content (AvgIpc) is 3.49. The number of nitrogens with zero attached hydrogens (tertiary/aromatic N) is 2. The van der Waals surface area contributed by atoms with Crippen molar-refractivity contribution in [2.45, 2.75) is 77.2 Å². The molecule has 9 heteroatoms. The van der Waals surface area contributed by atoms with E-state index in [4.69, 9.17) is 0 Å². The summed E-state index contributed by atoms with van der Waals surface area (Å²) in [5.74, 6) is -0.873. The molecule has 1 saturated carbocycles. The van der Waals surface area contributed by atoms with Gasteiger partial charge >= 0.3 is 0 Å². The molecule has 4 rings (SSSR count). The molecule has 0 unspecified atom stereocenters. The van der Waals surface area contributed by atoms with Crippen LogP contribution in [-0.4, -0.2) is 65.6 Å². The molecule has 1 spiro atoms. The summed E-state index contributed by atoms with van der Waals surface area (Å²) in [4.78, 5) is 40.1. The van der Waals surface area contributed by atoms with Crippen molar-refractivity contribution in [2.24, 2.45) is 17.3 Å². The van der Waals surface area contributed by atoms with Gasteiger partial charge in [-0.3, -0.25) is 19.6 Å². The Kier molecular flexibility index (Phi) is 8.11. The van der Waals surface area contributed by atoms with Crippen molar-refractivity contribution < 1.29 is 24.0 Å². The van der Waals surface area contributed by atoms with Crippen LogP contribution in [0.1, 0.15) is 71.3 Å². The van der Waals surface area contributed by atoms with Crippen LogP contribution in [0, 0.1) is 23.1 Å². The predicted octanol–water partition coefficient (Wildman–Crippen LogP) is 3.69. The number of benzene rings is 1. The van der Waals surface area contributed by atoms with E-state index >= 15 is 0 Å². The minimum absolute atomic E-state index is 0.0872. The van der Waals surface area contributed by atoms with Crippen LogP contribution in [-0.2, 0) is 19.8 Å². The Morgan fingerprint density at radius 1 is 1.27 bits per heavy atom. The van der Waals surface area contributed by atoms with Gasteiger partial charge in [-0.05, 0) is 48.3 Å². The van der Waals surface area contributed by atoms with Crippen molar-refractivity contribution in [2.75, 3.05) is 31.5 Å². The maximum atomic E-state index is 13.7. The van der Waals surface area contributed by atoms with Crippen molar-refractivity contribution in [3.8, 4) is 0 Å². The van der Waals surface area contributed by atoms with Gasteiger partial charge in [0.2, 0.25) is 18.2 Å². The standard InChI is InChI=1S/C28H41FN4O4/c1-27(2,3)24(31-25(35)20(16-33(37)18-34)14-19-6-4-5-7-19)26(36)32-12-10-28(11-13-32)17-30-23-15-21(29)8-9-22(23)28/h8-9,15,18-20,24,30,37H,4-7,10-14,16-17H2,1-3H3,(H,31,35)/t20-,24-/m1/s1. The second kappa shape index (κ2) is 11.0. The molecule has 37 heavy (non-hydrogen) atoms. The average molecular weight is 517 g/mol. The quantitative estimate of drug-likeness (QED) is 0.278. The molecule has 204 valence electrons. The number of carbonyl (C=O) groups is 3. The van der Waals surface area contributed by atoms with Crippen molar-refractivity contribution in [1.82, 2.24) is 15.3 Å². The second-order valence-corrected chi connectivity index (χ2v) is 12.3. The number of amides is 3. The first-order chi connectivity index (χ1) is 17.5. The third kappa shape index (κ3) is 6.08. The predicted molar refractivity (Wildman–Crippen MR) is 138 cm³/mol. The number of rotatable bonds is 8. The zero-order valence-electron chi connectivity index (χ0n) is 22.3. The fourth-order valence-electron chi connectivity index (χ4n) is 6.36. The third-order valence-electron chi connectivity index (χ3n) is 8.59. The van der Waals surface area contributed by atoms with Crippen LogP contribution in [0.5, 0.6) is 0 Å². The Labute approximate surface area is 218 Å². The van der Waals surface area contributed by atoms with E-state index < -0.39 is 17.4 Å². The first kappa shape index (κ1) is 27.4. The second-order valence-electron chi connectivity index (χ2n) is 12.3. The molecule has 1 aromatic carbocycles. The molecule has 2 heterocycles. The van der Waals surface area contributed by atoms with Crippen molar-refractivity contribution >= 4 is 23.9 Å². The first-order valence-corrected chi connectivity index (χ1v) is 13.6. The molecule has 0 aromatic heterocycles. The van der Waals surface area contributed by atoms with Gasteiger partial charge in [-0.2, -0.15) is 0 Å². The van der Waals surface area contributed by atoms with Gasteiger partial charge in [-0.1, -0.05) is 52.5 Å². The Morgan fingerprint density at radius 2 is 1.95 bits per heavy atom. The molecular formula is C28H41FN4O4. The molecule has 2 atom stereocenters. The van der Waals surface area contributed by atoms with E-state index in [0.29, 0.717) is 36.9 Å². The molecule has 1 aromatic rings. The lowest BCUT2D eigenvalue weighted by Gasteiger charge is -2.42. The van der Waals surface area contributed by atoms with Gasteiger partial charge in [0, 0.05) is 30.7 Å². The Hall–Kier alpha value is -2.68. The van der Waals surface area contributed by atoms with Gasteiger partial charge in [-0.15, -0.1) is 0 Å². The molecule has 2 aliphatic heterocycles. The summed E-state index contributed by atoms with van der Waals surface area (Å²) in [6.07, 6.45) is 6.76. The van der Waals surface area contributed by atoms with Crippen molar-refractivity contribution in [3.05, 3.63) is 29.6 Å². The maximum absolute atomic E-state index is 13.7. The highest BCUT2D eigenvalue weighted by Gasteiger charge is 2.45. The van der Waals surface area contributed by atoms with E-state index in [1.165, 1.54) is 12.1 Å². The molecule has 1 saturated heterocycles. The van der Waals surface area contributed by atoms with Gasteiger partial charge in [0.15, 0.2) is 0 Å². The van der Waals surface area contributed by atoms with Gasteiger partial charge in [-0.25, -0.2) is 9.45 Å². The number of nitrogens with one attached hydrogen (secondary N) is 2. The van der Waals surface area contributed by atoms with E-state index in [-0.39, 0.29) is 29.6 Å². The number of hydrogen-bond acceptors (Lipinski definition) is 5. The van der Waals surface area contributed by atoms with Gasteiger partial charge < -0.3 is 15.5 Å². The minimum Gasteiger partial charge on any atom is -0.384 e. The number of anilines is 1. The maximum Gasteiger partial charge on any atom is 0.245 e. The normalized spacial score (nSPS) is 20.7. The summed E-state index contributed by atoms with van der Waals surface area (Å²) in [5.41, 5.74) is 1.30. The fraction of sp³-hybridized carbons (Fsp3) is 0.679. The highest BCUT2D eigenvalue weighted by molar-refractivity contribution is 5.89. The van der Waals surface area contributed by atoms with E-state index in [9.17, 15) is 24.0 Å². The van der Waals surface area contributed by atoms with Crippen LogP contribution in [0.3, 0.4) is 0 Å². The molecule has 3 N–H and O–H groups in total. The molecule has 2 fully saturated rings. The lowest BCUT2D eigenvalue weighted by molar-refractivity contribution is -0.156. The van der Waals surface area contributed by atoms with E-state index in [1.54, 1.807) is 0 Å². The number of carbonyl (C=O) groups excluding carboxylic acids is 3. The Bertz CT molecular complexity index is 996. The van der Waals surface area contributed by atoms with E-state index in [1.807, 2.05) is 31.7 Å². The van der Waals surface area contributed by atoms with Gasteiger partial charge in [0.1, 0.15) is 11.9 Å². The zero-order chi connectivity index (χ0) is 26.8. The fourth-order valence-corrected chi connectivity index (χ4v) is 6.36. The Balaban J connectivity index is 1.44. The molecular weight excluding hydrogens is 475 g/mol. The SMILES string of the molecule is CC(C)(C)[C@H](NC(=O)[C@H](CC1CCCC1)CN(O)C=O)C(=O)N1CCC2(CC1)CNc1cc(F)ccc12. The number of piperidine rings is 1. The van der Waals surface area contributed by atoms with Crippen LogP contribution < -0.4 is 10.6 Å². The molecule has 8 nitrogen and oxygen atoms in total. The summed E-state index contributed by atoms with van der Waals surface area (Å²) in [7, 11) is 0. The van der Waals surface area contributed by atoms with Crippen molar-refractivity contribution in [1.29, 1.82) is 0 Å². The molecule has 3 amide bonds. The number of likely N-dealkylation sites (tertiary alicyclic amines) is 1. The number of hydroxylamine groups is 2. The van der Waals surface area contributed by atoms with Crippen LogP contribution >= 0.6 is 0 Å². The summed E-state index contributed by atoms with van der Waals surface area (Å²) in [6, 6.07) is 4.16. The number of hydrogen-bond donors (Lipinski definition) is 3. The van der Waals surface area contributed by atoms with Crippen LogP contribution in [0.4, 0.5) is 10.1 Å². The lowest BCUT2D eigenvalue weighted by atomic mass is 9.74. The Morgan fingerprint density at radius 3 is 2.57 bits per heavy atom. The highest BCUT2D eigenvalue weighted by Crippen LogP contribution is 2.44. The summed E-state index contributed by atoms with van der Waals surface area (Å²) in [5, 5.41) is 16.7. The molecule has 0 radical (unpaired) electrons. The monoisotopic (exact) mass is 516 g/mol. The molecule has 1 aliphatic carbocycles. The van der Waals surface area contributed by atoms with E-state index in [2.05, 4.69) is 10.6 Å². The summed E-state index contributed by atoms with van der Waals surface area (Å²) < 4.78 is 13.7. The topological polar surface area (TPSA) is 102 Å². The third-order valence-corrected chi connectivity index (χ3v) is 8.59. The van der Waals surface area contributed by atoms with Crippen LogP contribution in [0.2, 0.25) is 0 Å². The van der Waals surface area contributed by atoms with Gasteiger partial charge in [0.25, 0.3) is 0 Å². The number of halogens is 1. The summed E-state index contributed by atoms with van der Waals surface area (Å²) in [6.45, 7) is 7.55. The van der Waals surface area contributed by atoms with Gasteiger partial charge in [0.05, 0.1) is 12.5 Å². The van der Waals surface area contributed by atoms with Crippen LogP contribution in [0.25, 0.3) is 0 Å². The van der Waals surface area contributed by atoms with E-state index in [0.717, 1.165) is 56.3 Å². The number of fused-ring (bicyclic) bond motifs is 2. The molecule has 0 bridgehead atoms. The largest absolute Gasteiger partial charge is 0.384 e.